The Kier molecular flexibility index (Phi) is 2.93. The molecule has 1 aliphatic heterocycles. The zero-order valence-corrected chi connectivity index (χ0v) is 10.0. The Morgan fingerprint density at radius 3 is 2.53 bits per heavy atom. The summed E-state index contributed by atoms with van der Waals surface area (Å²) in [5.74, 6) is 2.33. The zero-order valence-electron chi connectivity index (χ0n) is 10.0. The van der Waals surface area contributed by atoms with Crippen LogP contribution in [0.25, 0.3) is 0 Å². The number of benzene rings is 1. The summed E-state index contributed by atoms with van der Waals surface area (Å²) in [6, 6.07) is 6.26. The summed E-state index contributed by atoms with van der Waals surface area (Å²) in [6.45, 7) is 1.27. The molecule has 1 heterocycles. The molecule has 3 nitrogen and oxygen atoms in total. The summed E-state index contributed by atoms with van der Waals surface area (Å²) in [4.78, 5) is 0. The van der Waals surface area contributed by atoms with Crippen molar-refractivity contribution in [3.05, 3.63) is 23.8 Å². The van der Waals surface area contributed by atoms with E-state index in [0.29, 0.717) is 19.1 Å². The Hall–Kier alpha value is -1.22. The van der Waals surface area contributed by atoms with Gasteiger partial charge in [-0.25, -0.2) is 0 Å². The minimum absolute atomic E-state index is 0.147. The van der Waals surface area contributed by atoms with Gasteiger partial charge in [0.15, 0.2) is 11.5 Å². The molecule has 0 unspecified atom stereocenters. The van der Waals surface area contributed by atoms with Crippen molar-refractivity contribution < 1.29 is 9.47 Å². The summed E-state index contributed by atoms with van der Waals surface area (Å²) in [5, 5.41) is 0. The fourth-order valence-corrected chi connectivity index (χ4v) is 2.86. The Balaban J connectivity index is 1.82. The van der Waals surface area contributed by atoms with E-state index in [-0.39, 0.29) is 6.04 Å². The van der Waals surface area contributed by atoms with Crippen LogP contribution in [-0.2, 0) is 0 Å². The predicted molar refractivity (Wildman–Crippen MR) is 66.3 cm³/mol. The summed E-state index contributed by atoms with van der Waals surface area (Å²) < 4.78 is 11.1. The van der Waals surface area contributed by atoms with Gasteiger partial charge in [0.2, 0.25) is 0 Å². The molecule has 3 heteroatoms. The summed E-state index contributed by atoms with van der Waals surface area (Å²) in [6.07, 6.45) is 5.16. The molecular weight excluding hydrogens is 214 g/mol. The van der Waals surface area contributed by atoms with Gasteiger partial charge < -0.3 is 15.2 Å². The topological polar surface area (TPSA) is 44.5 Å². The van der Waals surface area contributed by atoms with Crippen LogP contribution in [0.2, 0.25) is 0 Å². The molecule has 17 heavy (non-hydrogen) atoms. The number of fused-ring (bicyclic) bond motifs is 1. The second-order valence-corrected chi connectivity index (χ2v) is 4.97. The first-order valence-electron chi connectivity index (χ1n) is 6.50. The van der Waals surface area contributed by atoms with Gasteiger partial charge in [-0.05, 0) is 36.5 Å². The molecule has 1 atom stereocenters. The van der Waals surface area contributed by atoms with Crippen molar-refractivity contribution in [2.45, 2.75) is 31.7 Å². The molecule has 0 radical (unpaired) electrons. The average molecular weight is 233 g/mol. The van der Waals surface area contributed by atoms with Crippen LogP contribution >= 0.6 is 0 Å². The first-order chi connectivity index (χ1) is 8.34. The van der Waals surface area contributed by atoms with Crippen molar-refractivity contribution in [1.29, 1.82) is 0 Å². The summed E-state index contributed by atoms with van der Waals surface area (Å²) in [7, 11) is 0. The van der Waals surface area contributed by atoms with Gasteiger partial charge in [0.05, 0.1) is 0 Å². The van der Waals surface area contributed by atoms with E-state index in [0.717, 1.165) is 11.5 Å². The molecule has 0 saturated heterocycles. The monoisotopic (exact) mass is 233 g/mol. The van der Waals surface area contributed by atoms with Crippen LogP contribution < -0.4 is 15.2 Å². The minimum Gasteiger partial charge on any atom is -0.486 e. The lowest BCUT2D eigenvalue weighted by molar-refractivity contribution is 0.171. The lowest BCUT2D eigenvalue weighted by Gasteiger charge is -2.23. The third kappa shape index (κ3) is 2.12. The van der Waals surface area contributed by atoms with Gasteiger partial charge in [0, 0.05) is 6.04 Å². The molecule has 3 rings (SSSR count). The first-order valence-corrected chi connectivity index (χ1v) is 6.50. The average Bonchev–Trinajstić information content (AvgIpc) is 2.91. The van der Waals surface area contributed by atoms with E-state index >= 15 is 0 Å². The van der Waals surface area contributed by atoms with Crippen molar-refractivity contribution in [2.75, 3.05) is 13.2 Å². The fraction of sp³-hybridized carbons (Fsp3) is 0.571. The molecule has 1 aromatic carbocycles. The van der Waals surface area contributed by atoms with E-state index in [9.17, 15) is 0 Å². The third-order valence-electron chi connectivity index (χ3n) is 3.86. The van der Waals surface area contributed by atoms with E-state index in [1.807, 2.05) is 6.07 Å². The van der Waals surface area contributed by atoms with E-state index in [1.165, 1.54) is 31.2 Å². The lowest BCUT2D eigenvalue weighted by atomic mass is 9.92. The highest BCUT2D eigenvalue weighted by Crippen LogP contribution is 2.38. The highest BCUT2D eigenvalue weighted by molar-refractivity contribution is 5.44. The summed E-state index contributed by atoms with van der Waals surface area (Å²) >= 11 is 0. The minimum atomic E-state index is 0.147. The van der Waals surface area contributed by atoms with Gasteiger partial charge in [-0.2, -0.15) is 0 Å². The lowest BCUT2D eigenvalue weighted by Crippen LogP contribution is -2.20. The first kappa shape index (κ1) is 10.9. The van der Waals surface area contributed by atoms with Gasteiger partial charge in [-0.15, -0.1) is 0 Å². The van der Waals surface area contributed by atoms with E-state index in [2.05, 4.69) is 12.1 Å². The molecular formula is C14H19NO2. The maximum atomic E-state index is 6.34. The molecule has 1 aromatic rings. The maximum Gasteiger partial charge on any atom is 0.161 e. The fourth-order valence-electron chi connectivity index (χ4n) is 2.86. The van der Waals surface area contributed by atoms with E-state index in [4.69, 9.17) is 15.2 Å². The van der Waals surface area contributed by atoms with Crippen molar-refractivity contribution in [3.8, 4) is 11.5 Å². The second-order valence-electron chi connectivity index (χ2n) is 4.97. The molecule has 0 amide bonds. The molecule has 92 valence electrons. The number of nitrogens with two attached hydrogens (primary N) is 1. The van der Waals surface area contributed by atoms with Gasteiger partial charge in [0.1, 0.15) is 13.2 Å². The molecule has 2 aliphatic rings. The maximum absolute atomic E-state index is 6.34. The number of hydrogen-bond donors (Lipinski definition) is 1. The number of ether oxygens (including phenoxy) is 2. The molecule has 1 fully saturated rings. The van der Waals surface area contributed by atoms with Crippen LogP contribution in [0.5, 0.6) is 11.5 Å². The Labute approximate surface area is 102 Å². The highest BCUT2D eigenvalue weighted by atomic mass is 16.6. The van der Waals surface area contributed by atoms with E-state index in [1.54, 1.807) is 0 Å². The van der Waals surface area contributed by atoms with Crippen LogP contribution in [0, 0.1) is 5.92 Å². The molecule has 0 spiro atoms. The second kappa shape index (κ2) is 4.57. The smallest absolute Gasteiger partial charge is 0.161 e. The largest absolute Gasteiger partial charge is 0.486 e. The van der Waals surface area contributed by atoms with Gasteiger partial charge in [-0.3, -0.25) is 0 Å². The zero-order chi connectivity index (χ0) is 11.7. The Morgan fingerprint density at radius 1 is 1.06 bits per heavy atom. The Bertz CT molecular complexity index is 399. The van der Waals surface area contributed by atoms with Crippen molar-refractivity contribution >= 4 is 0 Å². The van der Waals surface area contributed by atoms with Crippen molar-refractivity contribution in [1.82, 2.24) is 0 Å². The van der Waals surface area contributed by atoms with Crippen molar-refractivity contribution in [3.63, 3.8) is 0 Å². The molecule has 1 aliphatic carbocycles. The van der Waals surface area contributed by atoms with Crippen LogP contribution in [0.3, 0.4) is 0 Å². The third-order valence-corrected chi connectivity index (χ3v) is 3.86. The van der Waals surface area contributed by atoms with Gasteiger partial charge in [-0.1, -0.05) is 18.9 Å². The van der Waals surface area contributed by atoms with Crippen LogP contribution in [0.15, 0.2) is 18.2 Å². The van der Waals surface area contributed by atoms with Crippen LogP contribution in [0.4, 0.5) is 0 Å². The highest BCUT2D eigenvalue weighted by Gasteiger charge is 2.24. The number of rotatable bonds is 2. The van der Waals surface area contributed by atoms with Crippen LogP contribution in [0.1, 0.15) is 37.3 Å². The van der Waals surface area contributed by atoms with Crippen LogP contribution in [-0.4, -0.2) is 13.2 Å². The van der Waals surface area contributed by atoms with Gasteiger partial charge in [0.25, 0.3) is 0 Å². The SMILES string of the molecule is N[C@@H](c1ccc2c(c1)OCCO2)C1CCCC1. The molecule has 0 bridgehead atoms. The quantitative estimate of drug-likeness (QED) is 0.854. The van der Waals surface area contributed by atoms with Gasteiger partial charge >= 0.3 is 0 Å². The predicted octanol–water partition coefficient (Wildman–Crippen LogP) is 2.65. The number of hydrogen-bond acceptors (Lipinski definition) is 3. The molecule has 1 saturated carbocycles. The Morgan fingerprint density at radius 2 is 1.76 bits per heavy atom. The summed E-state index contributed by atoms with van der Waals surface area (Å²) in [5.41, 5.74) is 7.52. The molecule has 2 N–H and O–H groups in total. The normalized spacial score (nSPS) is 21.5. The standard InChI is InChI=1S/C14H19NO2/c15-14(10-3-1-2-4-10)11-5-6-12-13(9-11)17-8-7-16-12/h5-6,9-10,14H,1-4,7-8,15H2/t14-/m1/s1. The van der Waals surface area contributed by atoms with E-state index < -0.39 is 0 Å². The molecule has 0 aromatic heterocycles. The van der Waals surface area contributed by atoms with Crippen molar-refractivity contribution in [2.24, 2.45) is 11.7 Å².